The first-order chi connectivity index (χ1) is 26.4. The quantitative estimate of drug-likeness (QED) is 0.144. The van der Waals surface area contributed by atoms with Crippen LogP contribution in [0.5, 0.6) is 0 Å². The SMILES string of the molecule is C=C(/C=C/C)C(C)(C(=O)OC)C1C\C=C/C=C/C=C/c2nc(co2)C(=O)OC(C(C)(C(=O)OC)C(/C=C/C)=C/C)C\C=C/C=C/C=C/c2nc(co2)C(=O)O1. The van der Waals surface area contributed by atoms with Crippen LogP contribution < -0.4 is 0 Å². The van der Waals surface area contributed by atoms with Crippen LogP contribution in [0.15, 0.2) is 130 Å². The molecule has 0 fully saturated rings. The number of rotatable bonds is 8. The lowest BCUT2D eigenvalue weighted by Crippen LogP contribution is -2.44. The van der Waals surface area contributed by atoms with Crippen LogP contribution >= 0.6 is 0 Å². The van der Waals surface area contributed by atoms with Gasteiger partial charge in [0, 0.05) is 25.0 Å². The summed E-state index contributed by atoms with van der Waals surface area (Å²) in [4.78, 5) is 61.8. The monoisotopic (exact) mass is 752 g/mol. The normalized spacial score (nSPS) is 23.3. The van der Waals surface area contributed by atoms with Crippen LogP contribution in [-0.4, -0.2) is 60.3 Å². The van der Waals surface area contributed by atoms with Crippen molar-refractivity contribution in [2.24, 2.45) is 10.8 Å². The van der Waals surface area contributed by atoms with Gasteiger partial charge in [-0.2, -0.15) is 0 Å². The van der Waals surface area contributed by atoms with Crippen LogP contribution in [-0.2, 0) is 28.5 Å². The fraction of sp³-hybridized carbons (Fsp3) is 0.302. The summed E-state index contributed by atoms with van der Waals surface area (Å²) in [6.45, 7) is 12.7. The highest BCUT2D eigenvalue weighted by Gasteiger charge is 2.48. The molecule has 0 N–H and O–H groups in total. The lowest BCUT2D eigenvalue weighted by molar-refractivity contribution is -0.156. The van der Waals surface area contributed by atoms with E-state index in [9.17, 15) is 19.2 Å². The molecule has 0 aromatic carbocycles. The van der Waals surface area contributed by atoms with Gasteiger partial charge in [-0.3, -0.25) is 9.59 Å². The van der Waals surface area contributed by atoms with Gasteiger partial charge in [-0.25, -0.2) is 19.6 Å². The lowest BCUT2D eigenvalue weighted by atomic mass is 9.75. The Morgan fingerprint density at radius 3 is 1.58 bits per heavy atom. The average Bonchev–Trinajstić information content (AvgIpc) is 3.87. The van der Waals surface area contributed by atoms with Gasteiger partial charge in [0.1, 0.15) is 35.6 Å². The molecule has 12 heteroatoms. The van der Waals surface area contributed by atoms with E-state index in [2.05, 4.69) is 16.5 Å². The van der Waals surface area contributed by atoms with Gasteiger partial charge in [-0.1, -0.05) is 97.7 Å². The third-order valence-electron chi connectivity index (χ3n) is 8.88. The van der Waals surface area contributed by atoms with Crippen LogP contribution in [0.25, 0.3) is 12.2 Å². The maximum Gasteiger partial charge on any atom is 0.360 e. The first-order valence-electron chi connectivity index (χ1n) is 17.5. The third-order valence-corrected chi connectivity index (χ3v) is 8.88. The Balaban J connectivity index is 2.04. The minimum absolute atomic E-state index is 0.0901. The number of nitrogens with zero attached hydrogens (tertiary/aromatic N) is 2. The zero-order chi connectivity index (χ0) is 40.4. The number of cyclic esters (lactones) is 2. The Labute approximate surface area is 321 Å². The first-order valence-corrected chi connectivity index (χ1v) is 17.5. The molecule has 0 aliphatic carbocycles. The largest absolute Gasteiger partial charge is 0.468 e. The molecule has 1 aliphatic heterocycles. The van der Waals surface area contributed by atoms with Gasteiger partial charge in [0.25, 0.3) is 0 Å². The minimum atomic E-state index is -1.44. The molecule has 4 atom stereocenters. The lowest BCUT2D eigenvalue weighted by Gasteiger charge is -2.35. The highest BCUT2D eigenvalue weighted by Crippen LogP contribution is 2.39. The summed E-state index contributed by atoms with van der Waals surface area (Å²) in [6.07, 6.45) is 29.3. The maximum atomic E-state index is 13.4. The number of ether oxygens (including phenoxy) is 4. The van der Waals surface area contributed by atoms with Crippen molar-refractivity contribution >= 4 is 36.0 Å². The molecule has 0 radical (unpaired) electrons. The second-order valence-electron chi connectivity index (χ2n) is 12.4. The molecule has 4 bridgehead atoms. The highest BCUT2D eigenvalue weighted by atomic mass is 16.6. The summed E-state index contributed by atoms with van der Waals surface area (Å²) in [5.41, 5.74) is -2.04. The molecule has 2 aromatic heterocycles. The van der Waals surface area contributed by atoms with Gasteiger partial charge in [0.2, 0.25) is 11.8 Å². The standard InChI is InChI=1S/C43H48N2O10/c1-9-22-30(4)42(5,40(48)50-7)34-24-18-14-12-16-20-27-37-45-33(29-53-37)39(47)55-35(43(6,41(49)51-8)31(11-3)23-10-2)25-19-15-13-17-21-26-36-44-32(28-52-36)38(46)54-34/h9-23,26-29,34-35H,4,24-25H2,1-3,5-8H3/b16-12+,17-13+,18-14-,19-15-,22-9+,23-10+,26-21+,27-20+,31-11+. The van der Waals surface area contributed by atoms with Crippen molar-refractivity contribution in [3.05, 3.63) is 145 Å². The van der Waals surface area contributed by atoms with Crippen LogP contribution in [0.2, 0.25) is 0 Å². The fourth-order valence-corrected chi connectivity index (χ4v) is 5.64. The molecular weight excluding hydrogens is 704 g/mol. The molecule has 0 saturated heterocycles. The highest BCUT2D eigenvalue weighted by molar-refractivity contribution is 5.89. The molecule has 1 aliphatic rings. The van der Waals surface area contributed by atoms with Gasteiger partial charge in [0.05, 0.1) is 14.2 Å². The number of carbonyl (C=O) groups excluding carboxylic acids is 4. The number of fused-ring (bicyclic) bond motifs is 4. The van der Waals surface area contributed by atoms with Gasteiger partial charge in [-0.05, 0) is 45.8 Å². The summed E-state index contributed by atoms with van der Waals surface area (Å²) in [7, 11) is 2.53. The topological polar surface area (TPSA) is 157 Å². The second kappa shape index (κ2) is 20.8. The molecule has 3 rings (SSSR count). The number of methoxy groups -OCH3 is 2. The zero-order valence-electron chi connectivity index (χ0n) is 32.2. The van der Waals surface area contributed by atoms with Gasteiger partial charge < -0.3 is 27.8 Å². The van der Waals surface area contributed by atoms with E-state index >= 15 is 0 Å². The molecule has 0 spiro atoms. The predicted octanol–water partition coefficient (Wildman–Crippen LogP) is 8.47. The van der Waals surface area contributed by atoms with Crippen LogP contribution in [0.4, 0.5) is 0 Å². The maximum absolute atomic E-state index is 13.4. The van der Waals surface area contributed by atoms with Gasteiger partial charge in [0.15, 0.2) is 11.4 Å². The molecule has 12 nitrogen and oxygen atoms in total. The molecule has 2 aromatic rings. The molecule has 55 heavy (non-hydrogen) atoms. The van der Waals surface area contributed by atoms with Crippen molar-refractivity contribution in [2.75, 3.05) is 14.2 Å². The van der Waals surface area contributed by atoms with Crippen molar-refractivity contribution in [1.29, 1.82) is 0 Å². The molecule has 4 unspecified atom stereocenters. The van der Waals surface area contributed by atoms with E-state index in [-0.39, 0.29) is 36.0 Å². The average molecular weight is 753 g/mol. The Hall–Kier alpha value is -6.30. The summed E-state index contributed by atoms with van der Waals surface area (Å²) in [6, 6.07) is 0. The van der Waals surface area contributed by atoms with E-state index in [1.54, 1.807) is 131 Å². The summed E-state index contributed by atoms with van der Waals surface area (Å²) >= 11 is 0. The van der Waals surface area contributed by atoms with Crippen LogP contribution in [0.1, 0.15) is 80.2 Å². The van der Waals surface area contributed by atoms with Crippen molar-refractivity contribution < 1.29 is 47.0 Å². The number of carbonyl (C=O) groups is 4. The van der Waals surface area contributed by atoms with Crippen LogP contribution in [0, 0.1) is 10.8 Å². The smallest absolute Gasteiger partial charge is 0.360 e. The summed E-state index contributed by atoms with van der Waals surface area (Å²) in [5, 5.41) is 0. The summed E-state index contributed by atoms with van der Waals surface area (Å²) in [5.74, 6) is -2.56. The van der Waals surface area contributed by atoms with E-state index in [0.29, 0.717) is 11.1 Å². The van der Waals surface area contributed by atoms with E-state index in [1.165, 1.54) is 26.7 Å². The first kappa shape index (κ1) is 43.1. The molecule has 0 amide bonds. The third kappa shape index (κ3) is 10.9. The number of hydrogen-bond donors (Lipinski definition) is 0. The Kier molecular flexibility index (Phi) is 16.3. The number of hydrogen-bond acceptors (Lipinski definition) is 12. The predicted molar refractivity (Wildman–Crippen MR) is 208 cm³/mol. The molecule has 290 valence electrons. The van der Waals surface area contributed by atoms with Gasteiger partial charge >= 0.3 is 23.9 Å². The molecular formula is C43H48N2O10. The molecule has 0 saturated carbocycles. The van der Waals surface area contributed by atoms with E-state index in [1.807, 2.05) is 6.92 Å². The Bertz CT molecular complexity index is 1960. The minimum Gasteiger partial charge on any atom is -0.468 e. The van der Waals surface area contributed by atoms with E-state index in [0.717, 1.165) is 0 Å². The number of oxazole rings is 2. The number of aromatic nitrogens is 2. The second-order valence-corrected chi connectivity index (χ2v) is 12.4. The fourth-order valence-electron chi connectivity index (χ4n) is 5.64. The molecule has 3 heterocycles. The number of allylic oxidation sites excluding steroid dienone is 13. The van der Waals surface area contributed by atoms with Crippen LogP contribution in [0.3, 0.4) is 0 Å². The van der Waals surface area contributed by atoms with E-state index < -0.39 is 46.9 Å². The summed E-state index contributed by atoms with van der Waals surface area (Å²) < 4.78 is 33.1. The zero-order valence-corrected chi connectivity index (χ0v) is 32.2. The van der Waals surface area contributed by atoms with Crippen molar-refractivity contribution in [1.82, 2.24) is 9.97 Å². The van der Waals surface area contributed by atoms with E-state index in [4.69, 9.17) is 27.8 Å². The Morgan fingerprint density at radius 2 is 1.15 bits per heavy atom. The Morgan fingerprint density at radius 1 is 0.709 bits per heavy atom. The van der Waals surface area contributed by atoms with Crippen molar-refractivity contribution in [2.45, 2.75) is 59.7 Å². The van der Waals surface area contributed by atoms with Crippen molar-refractivity contribution in [3.63, 3.8) is 0 Å². The van der Waals surface area contributed by atoms with Crippen molar-refractivity contribution in [3.8, 4) is 0 Å². The van der Waals surface area contributed by atoms with Gasteiger partial charge in [-0.15, -0.1) is 0 Å². The number of esters is 4.